The molecule has 0 atom stereocenters. The molecule has 1 heterocycles. The van der Waals surface area contributed by atoms with Gasteiger partial charge in [0.05, 0.1) is 18.1 Å². The summed E-state index contributed by atoms with van der Waals surface area (Å²) in [6.07, 6.45) is 3.20. The molecule has 0 saturated carbocycles. The monoisotopic (exact) mass is 293 g/mol. The molecule has 1 aromatic heterocycles. The van der Waals surface area contributed by atoms with E-state index in [2.05, 4.69) is 21.2 Å². The summed E-state index contributed by atoms with van der Waals surface area (Å²) in [5, 5.41) is 2.83. The van der Waals surface area contributed by atoms with E-state index in [0.717, 1.165) is 15.6 Å². The van der Waals surface area contributed by atoms with E-state index in [1.807, 2.05) is 31.2 Å². The molecule has 0 saturated heterocycles. The van der Waals surface area contributed by atoms with Crippen LogP contribution in [0.1, 0.15) is 21.5 Å². The maximum Gasteiger partial charge on any atom is 0.252 e. The van der Waals surface area contributed by atoms with Crippen LogP contribution >= 0.6 is 15.9 Å². The van der Waals surface area contributed by atoms with Crippen LogP contribution in [0.4, 0.5) is 0 Å². The van der Waals surface area contributed by atoms with Gasteiger partial charge in [0.1, 0.15) is 0 Å². The summed E-state index contributed by atoms with van der Waals surface area (Å²) in [7, 11) is 0. The third kappa shape index (κ3) is 2.97. The molecule has 0 fully saturated rings. The van der Waals surface area contributed by atoms with Crippen molar-refractivity contribution >= 4 is 21.8 Å². The number of rotatable bonds is 3. The number of aryl methyl sites for hydroxylation is 1. The topological polar surface area (TPSA) is 42.2 Å². The first-order chi connectivity index (χ1) is 8.16. The van der Waals surface area contributed by atoms with Gasteiger partial charge in [0.2, 0.25) is 0 Å². The highest BCUT2D eigenvalue weighted by molar-refractivity contribution is 9.10. The van der Waals surface area contributed by atoms with Gasteiger partial charge in [0.25, 0.3) is 5.91 Å². The lowest BCUT2D eigenvalue weighted by Crippen LogP contribution is -2.22. The highest BCUT2D eigenvalue weighted by Crippen LogP contribution is 2.18. The molecule has 88 valence electrons. The van der Waals surface area contributed by atoms with Gasteiger partial charge in [-0.15, -0.1) is 0 Å². The second kappa shape index (κ2) is 5.19. The highest BCUT2D eigenvalue weighted by atomic mass is 79.9. The Morgan fingerprint density at radius 3 is 2.88 bits per heavy atom. The minimum atomic E-state index is -0.0990. The molecule has 0 aliphatic carbocycles. The molecule has 0 spiro atoms. The van der Waals surface area contributed by atoms with Crippen molar-refractivity contribution in [3.8, 4) is 0 Å². The van der Waals surface area contributed by atoms with Crippen LogP contribution in [-0.2, 0) is 6.54 Å². The zero-order chi connectivity index (χ0) is 12.3. The average Bonchev–Trinajstić information content (AvgIpc) is 2.78. The minimum Gasteiger partial charge on any atom is -0.472 e. The third-order valence-electron chi connectivity index (χ3n) is 2.40. The van der Waals surface area contributed by atoms with Gasteiger partial charge < -0.3 is 9.73 Å². The molecule has 0 unspecified atom stereocenters. The number of hydrogen-bond acceptors (Lipinski definition) is 2. The van der Waals surface area contributed by atoms with E-state index in [1.54, 1.807) is 12.5 Å². The Labute approximate surface area is 108 Å². The van der Waals surface area contributed by atoms with Crippen LogP contribution in [0.15, 0.2) is 45.7 Å². The fourth-order valence-electron chi connectivity index (χ4n) is 1.48. The molecule has 0 radical (unpaired) electrons. The lowest BCUT2D eigenvalue weighted by Gasteiger charge is -2.06. The van der Waals surface area contributed by atoms with E-state index in [4.69, 9.17) is 4.42 Å². The smallest absolute Gasteiger partial charge is 0.252 e. The largest absolute Gasteiger partial charge is 0.472 e. The Balaban J connectivity index is 2.04. The summed E-state index contributed by atoms with van der Waals surface area (Å²) in [6, 6.07) is 7.47. The summed E-state index contributed by atoms with van der Waals surface area (Å²) >= 11 is 3.39. The molecule has 17 heavy (non-hydrogen) atoms. The average molecular weight is 294 g/mol. The SMILES string of the molecule is Cc1ccc(C(=O)NCc2ccoc2)c(Br)c1. The Kier molecular flexibility index (Phi) is 3.64. The van der Waals surface area contributed by atoms with Crippen LogP contribution < -0.4 is 5.32 Å². The Morgan fingerprint density at radius 2 is 2.24 bits per heavy atom. The molecule has 1 N–H and O–H groups in total. The molecule has 4 heteroatoms. The number of carbonyl (C=O) groups is 1. The van der Waals surface area contributed by atoms with Crippen LogP contribution in [0.5, 0.6) is 0 Å². The van der Waals surface area contributed by atoms with Crippen LogP contribution in [0.25, 0.3) is 0 Å². The molecular formula is C13H12BrNO2. The predicted octanol–water partition coefficient (Wildman–Crippen LogP) is 3.28. The third-order valence-corrected chi connectivity index (χ3v) is 3.06. The molecule has 3 nitrogen and oxygen atoms in total. The zero-order valence-electron chi connectivity index (χ0n) is 9.37. The van der Waals surface area contributed by atoms with Gasteiger partial charge in [-0.1, -0.05) is 6.07 Å². The number of halogens is 1. The fourth-order valence-corrected chi connectivity index (χ4v) is 2.15. The first-order valence-electron chi connectivity index (χ1n) is 5.22. The summed E-state index contributed by atoms with van der Waals surface area (Å²) in [4.78, 5) is 11.9. The van der Waals surface area contributed by atoms with Crippen molar-refractivity contribution in [1.82, 2.24) is 5.32 Å². The second-order valence-electron chi connectivity index (χ2n) is 3.80. The first kappa shape index (κ1) is 11.9. The van der Waals surface area contributed by atoms with Gasteiger partial charge in [-0.05, 0) is 46.6 Å². The standard InChI is InChI=1S/C13H12BrNO2/c1-9-2-3-11(12(14)6-9)13(16)15-7-10-4-5-17-8-10/h2-6,8H,7H2,1H3,(H,15,16). The van der Waals surface area contributed by atoms with Crippen molar-refractivity contribution in [2.45, 2.75) is 13.5 Å². The highest BCUT2D eigenvalue weighted by Gasteiger charge is 2.09. The van der Waals surface area contributed by atoms with Crippen molar-refractivity contribution in [3.63, 3.8) is 0 Å². The maximum absolute atomic E-state index is 11.9. The molecule has 1 aromatic carbocycles. The number of benzene rings is 1. The lowest BCUT2D eigenvalue weighted by molar-refractivity contribution is 0.0950. The summed E-state index contributed by atoms with van der Waals surface area (Å²) in [5.41, 5.74) is 2.70. The lowest BCUT2D eigenvalue weighted by atomic mass is 10.1. The zero-order valence-corrected chi connectivity index (χ0v) is 11.0. The van der Waals surface area contributed by atoms with Crippen LogP contribution in [-0.4, -0.2) is 5.91 Å². The number of amides is 1. The van der Waals surface area contributed by atoms with Crippen molar-refractivity contribution in [3.05, 3.63) is 58.0 Å². The van der Waals surface area contributed by atoms with E-state index in [9.17, 15) is 4.79 Å². The molecule has 0 aliphatic heterocycles. The first-order valence-corrected chi connectivity index (χ1v) is 6.01. The van der Waals surface area contributed by atoms with Crippen molar-refractivity contribution in [2.75, 3.05) is 0 Å². The van der Waals surface area contributed by atoms with Gasteiger partial charge in [-0.3, -0.25) is 4.79 Å². The Hall–Kier alpha value is -1.55. The van der Waals surface area contributed by atoms with Crippen molar-refractivity contribution in [2.24, 2.45) is 0 Å². The normalized spacial score (nSPS) is 10.2. The van der Waals surface area contributed by atoms with Gasteiger partial charge in [0, 0.05) is 16.6 Å². The number of hydrogen-bond donors (Lipinski definition) is 1. The number of furan rings is 1. The second-order valence-corrected chi connectivity index (χ2v) is 4.65. The molecular weight excluding hydrogens is 282 g/mol. The molecule has 2 aromatic rings. The van der Waals surface area contributed by atoms with Crippen LogP contribution in [0.3, 0.4) is 0 Å². The fraction of sp³-hybridized carbons (Fsp3) is 0.154. The van der Waals surface area contributed by atoms with Gasteiger partial charge in [-0.25, -0.2) is 0 Å². The minimum absolute atomic E-state index is 0.0990. The summed E-state index contributed by atoms with van der Waals surface area (Å²) in [5.74, 6) is -0.0990. The summed E-state index contributed by atoms with van der Waals surface area (Å²) < 4.78 is 5.74. The van der Waals surface area contributed by atoms with Gasteiger partial charge in [-0.2, -0.15) is 0 Å². The molecule has 1 amide bonds. The maximum atomic E-state index is 11.9. The van der Waals surface area contributed by atoms with E-state index in [-0.39, 0.29) is 5.91 Å². The van der Waals surface area contributed by atoms with Gasteiger partial charge >= 0.3 is 0 Å². The van der Waals surface area contributed by atoms with E-state index in [0.29, 0.717) is 12.1 Å². The predicted molar refractivity (Wildman–Crippen MR) is 68.8 cm³/mol. The van der Waals surface area contributed by atoms with Crippen LogP contribution in [0, 0.1) is 6.92 Å². The van der Waals surface area contributed by atoms with E-state index < -0.39 is 0 Å². The van der Waals surface area contributed by atoms with Crippen LogP contribution in [0.2, 0.25) is 0 Å². The molecule has 2 rings (SSSR count). The number of carbonyl (C=O) groups excluding carboxylic acids is 1. The molecule has 0 aliphatic rings. The van der Waals surface area contributed by atoms with E-state index >= 15 is 0 Å². The van der Waals surface area contributed by atoms with E-state index in [1.165, 1.54) is 0 Å². The quantitative estimate of drug-likeness (QED) is 0.944. The number of nitrogens with one attached hydrogen (secondary N) is 1. The van der Waals surface area contributed by atoms with Gasteiger partial charge in [0.15, 0.2) is 0 Å². The van der Waals surface area contributed by atoms with Crippen molar-refractivity contribution < 1.29 is 9.21 Å². The summed E-state index contributed by atoms with van der Waals surface area (Å²) in [6.45, 7) is 2.45. The molecule has 0 bridgehead atoms. The Bertz CT molecular complexity index is 520. The Morgan fingerprint density at radius 1 is 1.41 bits per heavy atom. The van der Waals surface area contributed by atoms with Crippen molar-refractivity contribution in [1.29, 1.82) is 0 Å².